The maximum atomic E-state index is 11.2. The van der Waals surface area contributed by atoms with Crippen molar-refractivity contribution >= 4 is 29.2 Å². The molecule has 0 amide bonds. The van der Waals surface area contributed by atoms with E-state index in [1.165, 1.54) is 0 Å². The van der Waals surface area contributed by atoms with Gasteiger partial charge in [-0.25, -0.2) is 0 Å². The summed E-state index contributed by atoms with van der Waals surface area (Å²) in [6.07, 6.45) is 0. The van der Waals surface area contributed by atoms with Crippen LogP contribution in [0.25, 0.3) is 0 Å². The van der Waals surface area contributed by atoms with Crippen molar-refractivity contribution in [2.24, 2.45) is 5.92 Å². The summed E-state index contributed by atoms with van der Waals surface area (Å²) in [5.41, 5.74) is 1.73. The van der Waals surface area contributed by atoms with Crippen molar-refractivity contribution in [1.82, 2.24) is 5.32 Å². The molecule has 134 valence electrons. The molecule has 0 fully saturated rings. The lowest BCUT2D eigenvalue weighted by molar-refractivity contribution is -0.140. The zero-order valence-corrected chi connectivity index (χ0v) is 15.6. The Bertz CT molecular complexity index is 697. The van der Waals surface area contributed by atoms with Gasteiger partial charge in [0.1, 0.15) is 18.4 Å². The maximum absolute atomic E-state index is 11.2. The van der Waals surface area contributed by atoms with E-state index in [9.17, 15) is 9.90 Å². The lowest BCUT2D eigenvalue weighted by Crippen LogP contribution is -2.40. The van der Waals surface area contributed by atoms with Crippen LogP contribution in [0.5, 0.6) is 5.75 Å². The number of ether oxygens (including phenoxy) is 1. The van der Waals surface area contributed by atoms with Crippen molar-refractivity contribution < 1.29 is 14.6 Å². The highest BCUT2D eigenvalue weighted by Gasteiger charge is 2.20. The number of hydrogen-bond acceptors (Lipinski definition) is 3. The van der Waals surface area contributed by atoms with E-state index < -0.39 is 12.0 Å². The third kappa shape index (κ3) is 5.63. The van der Waals surface area contributed by atoms with Gasteiger partial charge in [0, 0.05) is 22.2 Å². The van der Waals surface area contributed by atoms with E-state index in [1.807, 2.05) is 38.1 Å². The van der Waals surface area contributed by atoms with Gasteiger partial charge in [-0.15, -0.1) is 0 Å². The Morgan fingerprint density at radius 3 is 2.24 bits per heavy atom. The minimum atomic E-state index is -0.841. The quantitative estimate of drug-likeness (QED) is 0.691. The number of carboxylic acids is 1. The molecule has 0 aliphatic carbocycles. The number of carbonyl (C=O) groups is 1. The molecule has 25 heavy (non-hydrogen) atoms. The van der Waals surface area contributed by atoms with Gasteiger partial charge in [-0.05, 0) is 35.7 Å². The van der Waals surface area contributed by atoms with Crippen molar-refractivity contribution in [2.75, 3.05) is 0 Å². The molecule has 0 aromatic heterocycles. The topological polar surface area (TPSA) is 58.6 Å². The van der Waals surface area contributed by atoms with Gasteiger partial charge in [-0.1, -0.05) is 55.2 Å². The van der Waals surface area contributed by atoms with E-state index in [4.69, 9.17) is 27.9 Å². The second-order valence-corrected chi connectivity index (χ2v) is 6.89. The predicted molar refractivity (Wildman–Crippen MR) is 100 cm³/mol. The number of rotatable bonds is 8. The van der Waals surface area contributed by atoms with Gasteiger partial charge in [0.05, 0.1) is 0 Å². The molecule has 0 bridgehead atoms. The Hall–Kier alpha value is -1.75. The van der Waals surface area contributed by atoms with Crippen molar-refractivity contribution in [2.45, 2.75) is 33.0 Å². The molecule has 0 saturated carbocycles. The largest absolute Gasteiger partial charge is 0.489 e. The molecule has 0 heterocycles. The number of carboxylic acid groups (broad SMARTS) is 1. The van der Waals surface area contributed by atoms with Gasteiger partial charge in [0.25, 0.3) is 0 Å². The summed E-state index contributed by atoms with van der Waals surface area (Å²) < 4.78 is 5.73. The van der Waals surface area contributed by atoms with E-state index in [-0.39, 0.29) is 12.5 Å². The Morgan fingerprint density at radius 2 is 1.72 bits per heavy atom. The van der Waals surface area contributed by atoms with Gasteiger partial charge in [-0.2, -0.15) is 0 Å². The highest BCUT2D eigenvalue weighted by Crippen LogP contribution is 2.26. The summed E-state index contributed by atoms with van der Waals surface area (Å²) in [5, 5.41) is 13.4. The lowest BCUT2D eigenvalue weighted by atomic mass is 10.0. The summed E-state index contributed by atoms with van der Waals surface area (Å²) in [6.45, 7) is 4.52. The van der Waals surface area contributed by atoms with Crippen LogP contribution < -0.4 is 10.1 Å². The molecule has 2 rings (SSSR count). The van der Waals surface area contributed by atoms with Crippen LogP contribution in [0, 0.1) is 5.92 Å². The Balaban J connectivity index is 1.93. The summed E-state index contributed by atoms with van der Waals surface area (Å²) in [5.74, 6) is -0.134. The van der Waals surface area contributed by atoms with Crippen LogP contribution in [-0.2, 0) is 17.9 Å². The molecule has 0 aliphatic heterocycles. The smallest absolute Gasteiger partial charge is 0.320 e. The van der Waals surface area contributed by atoms with E-state index in [0.29, 0.717) is 22.3 Å². The number of hydrogen-bond donors (Lipinski definition) is 2. The highest BCUT2D eigenvalue weighted by atomic mass is 35.5. The third-order valence-corrected chi connectivity index (χ3v) is 4.54. The Labute approximate surface area is 157 Å². The number of benzene rings is 2. The summed E-state index contributed by atoms with van der Waals surface area (Å²) in [7, 11) is 0. The van der Waals surface area contributed by atoms with E-state index in [1.54, 1.807) is 18.2 Å². The molecule has 0 aliphatic rings. The number of nitrogens with one attached hydrogen (secondary N) is 1. The van der Waals surface area contributed by atoms with E-state index in [2.05, 4.69) is 5.32 Å². The van der Waals surface area contributed by atoms with Crippen molar-refractivity contribution in [3.8, 4) is 5.75 Å². The zero-order valence-electron chi connectivity index (χ0n) is 14.1. The van der Waals surface area contributed by atoms with Gasteiger partial charge >= 0.3 is 5.97 Å². The number of halogens is 2. The molecule has 1 atom stereocenters. The Morgan fingerprint density at radius 1 is 1.12 bits per heavy atom. The average molecular weight is 382 g/mol. The summed E-state index contributed by atoms with van der Waals surface area (Å²) >= 11 is 12.2. The Kier molecular flexibility index (Phi) is 7.12. The fraction of sp³-hybridized carbons (Fsp3) is 0.316. The first-order valence-corrected chi connectivity index (χ1v) is 8.75. The summed E-state index contributed by atoms with van der Waals surface area (Å²) in [4.78, 5) is 11.2. The fourth-order valence-electron chi connectivity index (χ4n) is 2.37. The lowest BCUT2D eigenvalue weighted by Gasteiger charge is -2.18. The van der Waals surface area contributed by atoms with E-state index in [0.717, 1.165) is 11.1 Å². The standard InChI is InChI=1S/C19H21Cl2NO3/c1-12(2)18(19(23)24)22-10-13-6-8-14(9-7-13)25-11-15-16(20)4-3-5-17(15)21/h3-9,12,18,22H,10-11H2,1-2H3,(H,23,24). The molecule has 0 radical (unpaired) electrons. The van der Waals surface area contributed by atoms with E-state index >= 15 is 0 Å². The molecule has 4 nitrogen and oxygen atoms in total. The van der Waals surface area contributed by atoms with Gasteiger partial charge < -0.3 is 15.2 Å². The average Bonchev–Trinajstić information content (AvgIpc) is 2.55. The second-order valence-electron chi connectivity index (χ2n) is 6.07. The van der Waals surface area contributed by atoms with Crippen LogP contribution in [0.15, 0.2) is 42.5 Å². The monoisotopic (exact) mass is 381 g/mol. The van der Waals surface area contributed by atoms with Crippen molar-refractivity contribution in [3.05, 3.63) is 63.6 Å². The van der Waals surface area contributed by atoms with Gasteiger partial charge in [0.15, 0.2) is 0 Å². The molecule has 2 aromatic rings. The first kappa shape index (κ1) is 19.6. The van der Waals surface area contributed by atoms with Crippen LogP contribution in [0.2, 0.25) is 10.0 Å². The molecule has 2 aromatic carbocycles. The molecule has 1 unspecified atom stereocenters. The minimum Gasteiger partial charge on any atom is -0.489 e. The SMILES string of the molecule is CC(C)C(NCc1ccc(OCc2c(Cl)cccc2Cl)cc1)C(=O)O. The molecular weight excluding hydrogens is 361 g/mol. The fourth-order valence-corrected chi connectivity index (χ4v) is 2.87. The predicted octanol–water partition coefficient (Wildman–Crippen LogP) is 4.77. The third-order valence-electron chi connectivity index (χ3n) is 3.83. The highest BCUT2D eigenvalue weighted by molar-refractivity contribution is 6.35. The first-order valence-electron chi connectivity index (χ1n) is 7.99. The number of aliphatic carboxylic acids is 1. The van der Waals surface area contributed by atoms with Crippen molar-refractivity contribution in [1.29, 1.82) is 0 Å². The molecule has 2 N–H and O–H groups in total. The van der Waals surface area contributed by atoms with Crippen LogP contribution in [-0.4, -0.2) is 17.1 Å². The van der Waals surface area contributed by atoms with Gasteiger partial charge in [0.2, 0.25) is 0 Å². The molecule has 0 saturated heterocycles. The zero-order chi connectivity index (χ0) is 18.4. The van der Waals surface area contributed by atoms with Gasteiger partial charge in [-0.3, -0.25) is 4.79 Å². The molecule has 0 spiro atoms. The van der Waals surface area contributed by atoms with Crippen molar-refractivity contribution in [3.63, 3.8) is 0 Å². The molecule has 6 heteroatoms. The second kappa shape index (κ2) is 9.09. The van der Waals surface area contributed by atoms with Crippen LogP contribution >= 0.6 is 23.2 Å². The first-order chi connectivity index (χ1) is 11.9. The minimum absolute atomic E-state index is 0.0143. The summed E-state index contributed by atoms with van der Waals surface area (Å²) in [6, 6.07) is 12.2. The van der Waals surface area contributed by atoms with Crippen LogP contribution in [0.1, 0.15) is 25.0 Å². The maximum Gasteiger partial charge on any atom is 0.320 e. The molecular formula is C19H21Cl2NO3. The van der Waals surface area contributed by atoms with Crippen LogP contribution in [0.4, 0.5) is 0 Å². The van der Waals surface area contributed by atoms with Crippen LogP contribution in [0.3, 0.4) is 0 Å². The normalized spacial score (nSPS) is 12.2.